The van der Waals surface area contributed by atoms with Gasteiger partial charge in [0.1, 0.15) is 0 Å². The zero-order valence-electron chi connectivity index (χ0n) is 11.4. The van der Waals surface area contributed by atoms with E-state index in [0.717, 1.165) is 6.61 Å². The zero-order valence-corrected chi connectivity index (χ0v) is 11.4. The second-order valence-electron chi connectivity index (χ2n) is 5.17. The molecule has 0 bridgehead atoms. The van der Waals surface area contributed by atoms with Crippen LogP contribution in [0.1, 0.15) is 50.1 Å². The first kappa shape index (κ1) is 13.6. The molecule has 1 heterocycles. The van der Waals surface area contributed by atoms with E-state index in [1.165, 1.54) is 44.1 Å². The van der Waals surface area contributed by atoms with Crippen molar-refractivity contribution >= 4 is 0 Å². The summed E-state index contributed by atoms with van der Waals surface area (Å²) in [5.41, 5.74) is 1.40. The molecular formula is C16H25NO. The largest absolute Gasteiger partial charge is 0.378 e. The van der Waals surface area contributed by atoms with Crippen LogP contribution in [0.25, 0.3) is 0 Å². The predicted molar refractivity (Wildman–Crippen MR) is 75.7 cm³/mol. The van der Waals surface area contributed by atoms with E-state index in [1.54, 1.807) is 0 Å². The summed E-state index contributed by atoms with van der Waals surface area (Å²) in [5.74, 6) is 0. The minimum absolute atomic E-state index is 0.496. The smallest absolute Gasteiger partial charge is 0.0576 e. The van der Waals surface area contributed by atoms with Crippen molar-refractivity contribution in [2.45, 2.75) is 50.7 Å². The Morgan fingerprint density at radius 1 is 1.28 bits per heavy atom. The van der Waals surface area contributed by atoms with Crippen LogP contribution in [0, 0.1) is 0 Å². The molecule has 2 atom stereocenters. The highest BCUT2D eigenvalue weighted by atomic mass is 16.5. The van der Waals surface area contributed by atoms with Crippen molar-refractivity contribution in [2.75, 3.05) is 13.7 Å². The molecule has 1 aromatic carbocycles. The molecule has 0 spiro atoms. The summed E-state index contributed by atoms with van der Waals surface area (Å²) in [5, 5.41) is 3.42. The summed E-state index contributed by atoms with van der Waals surface area (Å²) in [6.45, 7) is 0.980. The van der Waals surface area contributed by atoms with Gasteiger partial charge in [-0.1, -0.05) is 43.2 Å². The van der Waals surface area contributed by atoms with Crippen LogP contribution in [0.5, 0.6) is 0 Å². The number of nitrogens with one attached hydrogen (secondary N) is 1. The van der Waals surface area contributed by atoms with E-state index in [-0.39, 0.29) is 0 Å². The van der Waals surface area contributed by atoms with Gasteiger partial charge in [-0.3, -0.25) is 0 Å². The lowest BCUT2D eigenvalue weighted by molar-refractivity contribution is 0.102. The highest BCUT2D eigenvalue weighted by molar-refractivity contribution is 5.18. The topological polar surface area (TPSA) is 21.3 Å². The Hall–Kier alpha value is -0.860. The van der Waals surface area contributed by atoms with Crippen LogP contribution in [0.3, 0.4) is 0 Å². The van der Waals surface area contributed by atoms with E-state index in [4.69, 9.17) is 4.74 Å². The van der Waals surface area contributed by atoms with Crippen molar-refractivity contribution in [3.8, 4) is 0 Å². The number of unbranched alkanes of at least 4 members (excludes halogenated alkanes) is 1. The lowest BCUT2D eigenvalue weighted by atomic mass is 9.99. The number of hydrogen-bond acceptors (Lipinski definition) is 2. The molecule has 1 saturated heterocycles. The fourth-order valence-corrected chi connectivity index (χ4v) is 2.76. The minimum Gasteiger partial charge on any atom is -0.378 e. The highest BCUT2D eigenvalue weighted by Crippen LogP contribution is 2.22. The average molecular weight is 247 g/mol. The van der Waals surface area contributed by atoms with Gasteiger partial charge < -0.3 is 10.1 Å². The normalized spacial score (nSPS) is 21.1. The van der Waals surface area contributed by atoms with Crippen molar-refractivity contribution in [2.24, 2.45) is 0 Å². The molecule has 1 aromatic rings. The fourth-order valence-electron chi connectivity index (χ4n) is 2.76. The van der Waals surface area contributed by atoms with Crippen molar-refractivity contribution < 1.29 is 4.74 Å². The molecule has 2 unspecified atom stereocenters. The highest BCUT2D eigenvalue weighted by Gasteiger charge is 2.15. The van der Waals surface area contributed by atoms with Gasteiger partial charge in [0.15, 0.2) is 0 Å². The van der Waals surface area contributed by atoms with Gasteiger partial charge in [0.2, 0.25) is 0 Å². The van der Waals surface area contributed by atoms with Gasteiger partial charge in [-0.25, -0.2) is 0 Å². The third-order valence-corrected chi connectivity index (χ3v) is 3.84. The molecule has 2 nitrogen and oxygen atoms in total. The monoisotopic (exact) mass is 247 g/mol. The van der Waals surface area contributed by atoms with Crippen LogP contribution >= 0.6 is 0 Å². The molecule has 0 aliphatic carbocycles. The molecule has 1 aliphatic rings. The Labute approximate surface area is 111 Å². The Bertz CT molecular complexity index is 319. The third-order valence-electron chi connectivity index (χ3n) is 3.84. The van der Waals surface area contributed by atoms with Gasteiger partial charge in [-0.15, -0.1) is 0 Å². The average Bonchev–Trinajstić information content (AvgIpc) is 2.93. The lowest BCUT2D eigenvalue weighted by Gasteiger charge is -2.17. The first-order valence-corrected chi connectivity index (χ1v) is 7.24. The van der Waals surface area contributed by atoms with E-state index in [9.17, 15) is 0 Å². The first-order valence-electron chi connectivity index (χ1n) is 7.24. The van der Waals surface area contributed by atoms with Gasteiger partial charge in [0.25, 0.3) is 0 Å². The maximum absolute atomic E-state index is 5.66. The predicted octanol–water partition coefficient (Wildman–Crippen LogP) is 3.69. The molecule has 1 N–H and O–H groups in total. The van der Waals surface area contributed by atoms with Gasteiger partial charge in [0, 0.05) is 12.6 Å². The summed E-state index contributed by atoms with van der Waals surface area (Å²) < 4.78 is 5.66. The van der Waals surface area contributed by atoms with Crippen LogP contribution in [-0.2, 0) is 4.74 Å². The third kappa shape index (κ3) is 4.11. The summed E-state index contributed by atoms with van der Waals surface area (Å²) in [6, 6.07) is 11.2. The first-order chi connectivity index (χ1) is 8.90. The quantitative estimate of drug-likeness (QED) is 0.742. The van der Waals surface area contributed by atoms with Crippen LogP contribution in [0.4, 0.5) is 0 Å². The zero-order chi connectivity index (χ0) is 12.6. The maximum atomic E-state index is 5.66. The van der Waals surface area contributed by atoms with Gasteiger partial charge in [0.05, 0.1) is 6.10 Å². The number of hydrogen-bond donors (Lipinski definition) is 1. The molecule has 0 saturated carbocycles. The molecule has 1 fully saturated rings. The fraction of sp³-hybridized carbons (Fsp3) is 0.625. The van der Waals surface area contributed by atoms with E-state index in [0.29, 0.717) is 12.1 Å². The maximum Gasteiger partial charge on any atom is 0.0576 e. The van der Waals surface area contributed by atoms with E-state index in [2.05, 4.69) is 42.7 Å². The standard InChI is InChI=1S/C16H25NO/c1-17-16(14-8-3-2-4-9-14)12-6-5-10-15-11-7-13-18-15/h2-4,8-9,15-17H,5-7,10-13H2,1H3. The minimum atomic E-state index is 0.496. The molecule has 0 aromatic heterocycles. The Balaban J connectivity index is 1.67. The number of benzene rings is 1. The van der Waals surface area contributed by atoms with E-state index >= 15 is 0 Å². The van der Waals surface area contributed by atoms with Crippen LogP contribution in [-0.4, -0.2) is 19.8 Å². The van der Waals surface area contributed by atoms with Gasteiger partial charge in [-0.2, -0.15) is 0 Å². The summed E-state index contributed by atoms with van der Waals surface area (Å²) >= 11 is 0. The van der Waals surface area contributed by atoms with E-state index < -0.39 is 0 Å². The Morgan fingerprint density at radius 2 is 2.11 bits per heavy atom. The summed E-state index contributed by atoms with van der Waals surface area (Å²) in [6.07, 6.45) is 8.10. The Kier molecular flexibility index (Phi) is 5.69. The van der Waals surface area contributed by atoms with Gasteiger partial charge in [-0.05, 0) is 38.3 Å². The van der Waals surface area contributed by atoms with Crippen LogP contribution < -0.4 is 5.32 Å². The number of ether oxygens (including phenoxy) is 1. The summed E-state index contributed by atoms with van der Waals surface area (Å²) in [7, 11) is 2.05. The van der Waals surface area contributed by atoms with E-state index in [1.807, 2.05) is 0 Å². The van der Waals surface area contributed by atoms with Crippen LogP contribution in [0.15, 0.2) is 30.3 Å². The van der Waals surface area contributed by atoms with Crippen molar-refractivity contribution in [3.05, 3.63) is 35.9 Å². The molecule has 100 valence electrons. The molecule has 2 rings (SSSR count). The molecular weight excluding hydrogens is 222 g/mol. The molecule has 0 radical (unpaired) electrons. The van der Waals surface area contributed by atoms with Crippen molar-refractivity contribution in [1.82, 2.24) is 5.32 Å². The summed E-state index contributed by atoms with van der Waals surface area (Å²) in [4.78, 5) is 0. The number of rotatable bonds is 7. The molecule has 1 aliphatic heterocycles. The second kappa shape index (κ2) is 7.55. The SMILES string of the molecule is CNC(CCCCC1CCCO1)c1ccccc1. The van der Waals surface area contributed by atoms with Crippen molar-refractivity contribution in [1.29, 1.82) is 0 Å². The Morgan fingerprint density at radius 3 is 2.78 bits per heavy atom. The van der Waals surface area contributed by atoms with Crippen LogP contribution in [0.2, 0.25) is 0 Å². The molecule has 0 amide bonds. The lowest BCUT2D eigenvalue weighted by Crippen LogP contribution is -2.16. The molecule has 2 heteroatoms. The molecule has 18 heavy (non-hydrogen) atoms. The van der Waals surface area contributed by atoms with Crippen molar-refractivity contribution in [3.63, 3.8) is 0 Å². The second-order valence-corrected chi connectivity index (χ2v) is 5.17. The van der Waals surface area contributed by atoms with Gasteiger partial charge >= 0.3 is 0 Å².